The van der Waals surface area contributed by atoms with Gasteiger partial charge in [-0.05, 0) is 46.3 Å². The molecule has 3 nitrogen and oxygen atoms in total. The molecule has 0 aliphatic rings. The van der Waals surface area contributed by atoms with Crippen LogP contribution in [0.3, 0.4) is 0 Å². The molecule has 0 radical (unpaired) electrons. The molecule has 8 heteroatoms. The molecule has 1 aromatic heterocycles. The van der Waals surface area contributed by atoms with E-state index in [1.807, 2.05) is 0 Å². The number of benzene rings is 1. The highest BCUT2D eigenvalue weighted by molar-refractivity contribution is 9.10. The van der Waals surface area contributed by atoms with Crippen molar-refractivity contribution in [1.29, 1.82) is 0 Å². The average molecular weight is 365 g/mol. The molecule has 0 saturated heterocycles. The van der Waals surface area contributed by atoms with E-state index in [2.05, 4.69) is 21.2 Å². The smallest absolute Gasteiger partial charge is 0.334 e. The van der Waals surface area contributed by atoms with Gasteiger partial charge in [0, 0.05) is 10.7 Å². The van der Waals surface area contributed by atoms with Crippen molar-refractivity contribution in [3.63, 3.8) is 0 Å². The first-order valence-electron chi connectivity index (χ1n) is 5.74. The van der Waals surface area contributed by atoms with Gasteiger partial charge in [0.05, 0.1) is 5.69 Å². The zero-order valence-electron chi connectivity index (χ0n) is 10.4. The number of alkyl halides is 3. The van der Waals surface area contributed by atoms with Gasteiger partial charge < -0.3 is 9.88 Å². The van der Waals surface area contributed by atoms with Gasteiger partial charge in [0.1, 0.15) is 18.1 Å². The highest BCUT2D eigenvalue weighted by Gasteiger charge is 2.29. The normalized spacial score (nSPS) is 11.5. The minimum absolute atomic E-state index is 0.139. The van der Waals surface area contributed by atoms with Crippen LogP contribution in [0.25, 0.3) is 0 Å². The lowest BCUT2D eigenvalue weighted by molar-refractivity contribution is -0.140. The number of nitrogens with zero attached hydrogens (tertiary/aromatic N) is 1. The number of carbonyl (C=O) groups is 1. The monoisotopic (exact) mass is 364 g/mol. The number of nitrogens with one attached hydrogen (secondary N) is 1. The minimum Gasteiger partial charge on any atom is -0.334 e. The minimum atomic E-state index is -4.44. The Bertz CT molecular complexity index is 666. The van der Waals surface area contributed by atoms with Crippen LogP contribution in [0, 0.1) is 5.82 Å². The van der Waals surface area contributed by atoms with Crippen LogP contribution in [-0.2, 0) is 6.54 Å². The van der Waals surface area contributed by atoms with Gasteiger partial charge in [-0.25, -0.2) is 4.39 Å². The molecule has 0 aliphatic carbocycles. The second-order valence-electron chi connectivity index (χ2n) is 4.21. The van der Waals surface area contributed by atoms with Crippen LogP contribution in [0.5, 0.6) is 0 Å². The number of hydrogen-bond acceptors (Lipinski definition) is 1. The molecule has 21 heavy (non-hydrogen) atoms. The molecule has 0 aliphatic heterocycles. The van der Waals surface area contributed by atoms with Crippen molar-refractivity contribution >= 4 is 27.5 Å². The summed E-state index contributed by atoms with van der Waals surface area (Å²) in [5.41, 5.74) is -0.0248. The van der Waals surface area contributed by atoms with E-state index in [-0.39, 0.29) is 11.4 Å². The van der Waals surface area contributed by atoms with Crippen LogP contribution in [0.2, 0.25) is 0 Å². The van der Waals surface area contributed by atoms with Crippen LogP contribution in [0.1, 0.15) is 10.5 Å². The zero-order valence-corrected chi connectivity index (χ0v) is 12.0. The number of halogens is 5. The summed E-state index contributed by atoms with van der Waals surface area (Å²) in [6.45, 7) is -1.27. The Hall–Kier alpha value is -1.83. The molecular formula is C13H9BrF4N2O. The van der Waals surface area contributed by atoms with E-state index < -0.39 is 24.4 Å². The van der Waals surface area contributed by atoms with Crippen LogP contribution in [-0.4, -0.2) is 16.7 Å². The Morgan fingerprint density at radius 3 is 2.67 bits per heavy atom. The lowest BCUT2D eigenvalue weighted by atomic mass is 10.3. The van der Waals surface area contributed by atoms with Gasteiger partial charge in [-0.15, -0.1) is 0 Å². The van der Waals surface area contributed by atoms with Crippen LogP contribution in [0.4, 0.5) is 23.2 Å². The number of amides is 1. The third-order valence-electron chi connectivity index (χ3n) is 2.59. The quantitative estimate of drug-likeness (QED) is 0.813. The Morgan fingerprint density at radius 2 is 2.00 bits per heavy atom. The summed E-state index contributed by atoms with van der Waals surface area (Å²) in [7, 11) is 0. The lowest BCUT2D eigenvalue weighted by Gasteiger charge is -2.12. The van der Waals surface area contributed by atoms with Gasteiger partial charge in [0.2, 0.25) is 0 Å². The first-order chi connectivity index (χ1) is 9.76. The number of rotatable bonds is 3. The van der Waals surface area contributed by atoms with Gasteiger partial charge in [-0.1, -0.05) is 0 Å². The molecule has 0 saturated carbocycles. The summed E-state index contributed by atoms with van der Waals surface area (Å²) >= 11 is 3.12. The summed E-state index contributed by atoms with van der Waals surface area (Å²) in [5.74, 6) is -1.32. The lowest BCUT2D eigenvalue weighted by Crippen LogP contribution is -2.23. The summed E-state index contributed by atoms with van der Waals surface area (Å²) in [4.78, 5) is 12.0. The van der Waals surface area contributed by atoms with E-state index in [1.54, 1.807) is 0 Å². The zero-order chi connectivity index (χ0) is 15.6. The maximum Gasteiger partial charge on any atom is 0.406 e. The molecule has 112 valence electrons. The maximum absolute atomic E-state index is 13.1. The summed E-state index contributed by atoms with van der Waals surface area (Å²) in [6, 6.07) is 6.24. The Labute approximate surface area is 125 Å². The van der Waals surface area contributed by atoms with Crippen molar-refractivity contribution in [3.05, 3.63) is 52.5 Å². The fourth-order valence-corrected chi connectivity index (χ4v) is 2.08. The predicted molar refractivity (Wildman–Crippen MR) is 72.5 cm³/mol. The van der Waals surface area contributed by atoms with Crippen molar-refractivity contribution in [3.8, 4) is 0 Å². The SMILES string of the molecule is O=C(Nc1cc(F)ccc1Br)c1cccn1CC(F)(F)F. The van der Waals surface area contributed by atoms with Gasteiger partial charge in [0.15, 0.2) is 0 Å². The predicted octanol–water partition coefficient (Wildman–Crippen LogP) is 4.20. The molecular weight excluding hydrogens is 356 g/mol. The Kier molecular flexibility index (Phi) is 4.36. The van der Waals surface area contributed by atoms with E-state index >= 15 is 0 Å². The molecule has 0 fully saturated rings. The van der Waals surface area contributed by atoms with Crippen molar-refractivity contribution in [2.45, 2.75) is 12.7 Å². The van der Waals surface area contributed by atoms with E-state index in [1.165, 1.54) is 24.3 Å². The van der Waals surface area contributed by atoms with Crippen molar-refractivity contribution < 1.29 is 22.4 Å². The molecule has 0 unspecified atom stereocenters. The maximum atomic E-state index is 13.1. The van der Waals surface area contributed by atoms with Gasteiger partial charge in [0.25, 0.3) is 5.91 Å². The second kappa shape index (κ2) is 5.88. The Balaban J connectivity index is 2.21. The Morgan fingerprint density at radius 1 is 1.29 bits per heavy atom. The van der Waals surface area contributed by atoms with Gasteiger partial charge >= 0.3 is 6.18 Å². The van der Waals surface area contributed by atoms with Crippen molar-refractivity contribution in [1.82, 2.24) is 4.57 Å². The van der Waals surface area contributed by atoms with Crippen LogP contribution in [0.15, 0.2) is 41.0 Å². The molecule has 1 amide bonds. The van der Waals surface area contributed by atoms with E-state index in [0.717, 1.165) is 16.8 Å². The first kappa shape index (κ1) is 15.6. The van der Waals surface area contributed by atoms with E-state index in [0.29, 0.717) is 4.47 Å². The van der Waals surface area contributed by atoms with Crippen LogP contribution >= 0.6 is 15.9 Å². The molecule has 2 aromatic rings. The molecule has 1 heterocycles. The molecule has 0 atom stereocenters. The van der Waals surface area contributed by atoms with Crippen LogP contribution < -0.4 is 5.32 Å². The van der Waals surface area contributed by atoms with E-state index in [9.17, 15) is 22.4 Å². The molecule has 0 bridgehead atoms. The number of carbonyl (C=O) groups excluding carboxylic acids is 1. The summed E-state index contributed by atoms with van der Waals surface area (Å²) < 4.78 is 51.5. The average Bonchev–Trinajstić information content (AvgIpc) is 2.79. The van der Waals surface area contributed by atoms with Crippen molar-refractivity contribution in [2.24, 2.45) is 0 Å². The fourth-order valence-electron chi connectivity index (χ4n) is 1.73. The second-order valence-corrected chi connectivity index (χ2v) is 5.07. The highest BCUT2D eigenvalue weighted by atomic mass is 79.9. The molecule has 2 rings (SSSR count). The number of hydrogen-bond donors (Lipinski definition) is 1. The van der Waals surface area contributed by atoms with Crippen molar-refractivity contribution in [2.75, 3.05) is 5.32 Å². The topological polar surface area (TPSA) is 34.0 Å². The number of aromatic nitrogens is 1. The first-order valence-corrected chi connectivity index (χ1v) is 6.54. The standard InChI is InChI=1S/C13H9BrF4N2O/c14-9-4-3-8(15)6-10(9)19-12(21)11-2-1-5-20(11)7-13(16,17)18/h1-6H,7H2,(H,19,21). The van der Waals surface area contributed by atoms with Gasteiger partial charge in [-0.3, -0.25) is 4.79 Å². The highest BCUT2D eigenvalue weighted by Crippen LogP contribution is 2.24. The summed E-state index contributed by atoms with van der Waals surface area (Å²) in [6.07, 6.45) is -3.28. The van der Waals surface area contributed by atoms with Gasteiger partial charge in [-0.2, -0.15) is 13.2 Å². The largest absolute Gasteiger partial charge is 0.406 e. The molecule has 1 N–H and O–H groups in total. The fraction of sp³-hybridized carbons (Fsp3) is 0.154. The molecule has 0 spiro atoms. The molecule has 1 aromatic carbocycles. The number of anilines is 1. The summed E-state index contributed by atoms with van der Waals surface area (Å²) in [5, 5.41) is 2.37. The van der Waals surface area contributed by atoms with E-state index in [4.69, 9.17) is 0 Å². The third-order valence-corrected chi connectivity index (χ3v) is 3.28. The third kappa shape index (κ3) is 4.07.